The van der Waals surface area contributed by atoms with E-state index in [1.165, 1.54) is 17.7 Å². The van der Waals surface area contributed by atoms with Crippen LogP contribution < -0.4 is 0 Å². The summed E-state index contributed by atoms with van der Waals surface area (Å²) in [5, 5.41) is 20.8. The number of piperidine rings is 1. The molecule has 0 amide bonds. The van der Waals surface area contributed by atoms with Crippen LogP contribution in [0.5, 0.6) is 0 Å². The van der Waals surface area contributed by atoms with E-state index in [0.29, 0.717) is 18.5 Å². The third-order valence-electron chi connectivity index (χ3n) is 4.39. The van der Waals surface area contributed by atoms with Crippen molar-refractivity contribution < 1.29 is 10.2 Å². The van der Waals surface area contributed by atoms with Crippen LogP contribution in [-0.2, 0) is 6.54 Å². The zero-order valence-electron chi connectivity index (χ0n) is 11.6. The van der Waals surface area contributed by atoms with Crippen molar-refractivity contribution in [3.8, 4) is 11.8 Å². The molecule has 0 saturated carbocycles. The summed E-state index contributed by atoms with van der Waals surface area (Å²) >= 11 is 1.76. The molecule has 0 aliphatic carbocycles. The van der Waals surface area contributed by atoms with Crippen LogP contribution in [-0.4, -0.2) is 39.9 Å². The Labute approximate surface area is 124 Å². The molecule has 0 aromatic carbocycles. The molecule has 2 aliphatic rings. The normalized spacial score (nSPS) is 29.2. The van der Waals surface area contributed by atoms with Gasteiger partial charge in [-0.1, -0.05) is 11.8 Å². The van der Waals surface area contributed by atoms with Gasteiger partial charge in [-0.05, 0) is 37.1 Å². The van der Waals surface area contributed by atoms with E-state index in [4.69, 9.17) is 5.11 Å². The number of hydrogen-bond acceptors (Lipinski definition) is 4. The smallest absolute Gasteiger partial charge is 0.0570 e. The monoisotopic (exact) mass is 291 g/mol. The highest BCUT2D eigenvalue weighted by Gasteiger charge is 2.40. The van der Waals surface area contributed by atoms with Crippen molar-refractivity contribution in [1.29, 1.82) is 0 Å². The minimum atomic E-state index is -0.101. The molecule has 1 aromatic heterocycles. The molecular weight excluding hydrogens is 270 g/mol. The molecule has 2 saturated heterocycles. The molecule has 0 radical (unpaired) electrons. The van der Waals surface area contributed by atoms with E-state index in [9.17, 15) is 5.11 Å². The van der Waals surface area contributed by atoms with Crippen LogP contribution in [0.2, 0.25) is 0 Å². The first-order chi connectivity index (χ1) is 9.78. The lowest BCUT2D eigenvalue weighted by molar-refractivity contribution is 0.0315. The Morgan fingerprint density at radius 1 is 1.30 bits per heavy atom. The van der Waals surface area contributed by atoms with Gasteiger partial charge in [-0.25, -0.2) is 0 Å². The van der Waals surface area contributed by atoms with E-state index < -0.39 is 0 Å². The van der Waals surface area contributed by atoms with Gasteiger partial charge in [0.25, 0.3) is 0 Å². The van der Waals surface area contributed by atoms with Crippen molar-refractivity contribution in [1.82, 2.24) is 4.90 Å². The first kappa shape index (κ1) is 14.1. The van der Waals surface area contributed by atoms with Gasteiger partial charge < -0.3 is 10.2 Å². The van der Waals surface area contributed by atoms with Gasteiger partial charge in [0.15, 0.2) is 0 Å². The molecule has 2 aliphatic heterocycles. The standard InChI is InChI=1S/C16H21NO2S/c18-7-2-1-3-12-6-8-20-16(12)11-17-13-4-5-14(17)10-15(19)9-13/h6,8,13-15,18-19H,2,4-5,7,9-11H2. The predicted molar refractivity (Wildman–Crippen MR) is 80.5 cm³/mol. The van der Waals surface area contributed by atoms with Gasteiger partial charge >= 0.3 is 0 Å². The van der Waals surface area contributed by atoms with Crippen molar-refractivity contribution in [2.45, 2.75) is 56.8 Å². The summed E-state index contributed by atoms with van der Waals surface area (Å²) in [6.07, 6.45) is 4.73. The van der Waals surface area contributed by atoms with Gasteiger partial charge in [0.05, 0.1) is 12.7 Å². The first-order valence-corrected chi connectivity index (χ1v) is 8.26. The lowest BCUT2D eigenvalue weighted by Gasteiger charge is -2.36. The van der Waals surface area contributed by atoms with Gasteiger partial charge in [0.1, 0.15) is 0 Å². The Morgan fingerprint density at radius 2 is 2.05 bits per heavy atom. The van der Waals surface area contributed by atoms with Crippen molar-refractivity contribution in [2.24, 2.45) is 0 Å². The molecule has 3 heterocycles. The minimum Gasteiger partial charge on any atom is -0.395 e. The third-order valence-corrected chi connectivity index (χ3v) is 5.30. The largest absolute Gasteiger partial charge is 0.395 e. The second-order valence-electron chi connectivity index (χ2n) is 5.72. The van der Waals surface area contributed by atoms with Crippen LogP contribution in [0.3, 0.4) is 0 Å². The van der Waals surface area contributed by atoms with Crippen LogP contribution in [0.4, 0.5) is 0 Å². The molecule has 3 nitrogen and oxygen atoms in total. The zero-order chi connectivity index (χ0) is 13.9. The second-order valence-corrected chi connectivity index (χ2v) is 6.72. The molecule has 2 fully saturated rings. The molecule has 2 atom stereocenters. The maximum Gasteiger partial charge on any atom is 0.0570 e. The highest BCUT2D eigenvalue weighted by Crippen LogP contribution is 2.37. The Bertz CT molecular complexity index is 502. The summed E-state index contributed by atoms with van der Waals surface area (Å²) in [4.78, 5) is 3.89. The van der Waals surface area contributed by atoms with Crippen LogP contribution in [0.1, 0.15) is 42.5 Å². The Morgan fingerprint density at radius 3 is 2.75 bits per heavy atom. The van der Waals surface area contributed by atoms with Crippen molar-refractivity contribution >= 4 is 11.3 Å². The van der Waals surface area contributed by atoms with Crippen LogP contribution in [0.25, 0.3) is 0 Å². The first-order valence-electron chi connectivity index (χ1n) is 7.38. The Balaban J connectivity index is 1.70. The molecule has 4 heteroatoms. The van der Waals surface area contributed by atoms with Crippen LogP contribution >= 0.6 is 11.3 Å². The lowest BCUT2D eigenvalue weighted by atomic mass is 9.99. The fourth-order valence-electron chi connectivity index (χ4n) is 3.46. The number of thiophene rings is 1. The summed E-state index contributed by atoms with van der Waals surface area (Å²) < 4.78 is 0. The topological polar surface area (TPSA) is 43.7 Å². The number of aliphatic hydroxyl groups is 2. The fourth-order valence-corrected chi connectivity index (χ4v) is 4.30. The van der Waals surface area contributed by atoms with Crippen LogP contribution in [0, 0.1) is 11.8 Å². The maximum atomic E-state index is 9.86. The molecule has 0 spiro atoms. The molecule has 108 valence electrons. The van der Waals surface area contributed by atoms with E-state index in [0.717, 1.165) is 24.9 Å². The van der Waals surface area contributed by atoms with Crippen molar-refractivity contribution in [3.63, 3.8) is 0 Å². The van der Waals surface area contributed by atoms with E-state index in [2.05, 4.69) is 28.2 Å². The quantitative estimate of drug-likeness (QED) is 0.837. The summed E-state index contributed by atoms with van der Waals surface area (Å²) in [7, 11) is 0. The van der Waals surface area contributed by atoms with Crippen molar-refractivity contribution in [3.05, 3.63) is 21.9 Å². The third kappa shape index (κ3) is 2.91. The SMILES string of the molecule is OCCC#Cc1ccsc1CN1C2CCC1CC(O)C2. The van der Waals surface area contributed by atoms with Gasteiger partial charge in [-0.2, -0.15) is 0 Å². The summed E-state index contributed by atoms with van der Waals surface area (Å²) in [6.45, 7) is 1.09. The zero-order valence-corrected chi connectivity index (χ0v) is 12.4. The summed E-state index contributed by atoms with van der Waals surface area (Å²) in [5.41, 5.74) is 1.11. The van der Waals surface area contributed by atoms with E-state index in [1.807, 2.05) is 0 Å². The number of hydrogen-bond donors (Lipinski definition) is 2. The summed E-state index contributed by atoms with van der Waals surface area (Å²) in [5.74, 6) is 6.18. The molecule has 20 heavy (non-hydrogen) atoms. The molecule has 3 rings (SSSR count). The lowest BCUT2D eigenvalue weighted by Crippen LogP contribution is -2.43. The fraction of sp³-hybridized carbons (Fsp3) is 0.625. The Hall–Kier alpha value is -0.860. The average Bonchev–Trinajstić information content (AvgIpc) is 2.95. The van der Waals surface area contributed by atoms with E-state index >= 15 is 0 Å². The second kappa shape index (κ2) is 6.28. The summed E-state index contributed by atoms with van der Waals surface area (Å²) in [6, 6.07) is 3.17. The average molecular weight is 291 g/mol. The number of rotatable bonds is 3. The van der Waals surface area contributed by atoms with Gasteiger partial charge in [-0.15, -0.1) is 11.3 Å². The van der Waals surface area contributed by atoms with Gasteiger partial charge in [-0.3, -0.25) is 4.90 Å². The van der Waals surface area contributed by atoms with E-state index in [1.54, 1.807) is 11.3 Å². The molecule has 2 bridgehead atoms. The number of aliphatic hydroxyl groups excluding tert-OH is 2. The maximum absolute atomic E-state index is 9.86. The minimum absolute atomic E-state index is 0.101. The van der Waals surface area contributed by atoms with Crippen molar-refractivity contribution in [2.75, 3.05) is 6.61 Å². The number of nitrogens with zero attached hydrogens (tertiary/aromatic N) is 1. The highest BCUT2D eigenvalue weighted by atomic mass is 32.1. The highest BCUT2D eigenvalue weighted by molar-refractivity contribution is 7.10. The van der Waals surface area contributed by atoms with Gasteiger partial charge in [0.2, 0.25) is 0 Å². The molecular formula is C16H21NO2S. The predicted octanol–water partition coefficient (Wildman–Crippen LogP) is 1.97. The van der Waals surface area contributed by atoms with Crippen LogP contribution in [0.15, 0.2) is 11.4 Å². The molecule has 1 aromatic rings. The Kier molecular flexibility index (Phi) is 4.42. The van der Waals surface area contributed by atoms with E-state index in [-0.39, 0.29) is 12.7 Å². The van der Waals surface area contributed by atoms with Gasteiger partial charge in [0, 0.05) is 35.5 Å². The molecule has 2 unspecified atom stereocenters. The number of fused-ring (bicyclic) bond motifs is 2. The molecule has 2 N–H and O–H groups in total.